The van der Waals surface area contributed by atoms with Crippen molar-refractivity contribution in [1.82, 2.24) is 10.2 Å². The van der Waals surface area contributed by atoms with E-state index in [1.165, 1.54) is 11.3 Å². The second-order valence-corrected chi connectivity index (χ2v) is 7.49. The van der Waals surface area contributed by atoms with Crippen LogP contribution in [0.1, 0.15) is 22.0 Å². The summed E-state index contributed by atoms with van der Waals surface area (Å²) in [6.45, 7) is 0.460. The summed E-state index contributed by atoms with van der Waals surface area (Å²) < 4.78 is 6.07. The van der Waals surface area contributed by atoms with Crippen molar-refractivity contribution in [2.45, 2.75) is 6.04 Å². The second kappa shape index (κ2) is 8.02. The maximum absolute atomic E-state index is 12.3. The van der Waals surface area contributed by atoms with Crippen LogP contribution in [0.25, 0.3) is 0 Å². The number of nitrogens with one attached hydrogen (secondary N) is 1. The van der Waals surface area contributed by atoms with Crippen LogP contribution in [0, 0.1) is 0 Å². The maximum atomic E-state index is 12.3. The number of halogens is 2. The molecule has 4 nitrogen and oxygen atoms in total. The van der Waals surface area contributed by atoms with E-state index in [1.807, 2.05) is 43.3 Å². The van der Waals surface area contributed by atoms with E-state index in [1.54, 1.807) is 13.2 Å². The van der Waals surface area contributed by atoms with E-state index in [0.717, 1.165) is 11.3 Å². The van der Waals surface area contributed by atoms with Crippen LogP contribution >= 0.6 is 34.5 Å². The number of rotatable bonds is 6. The van der Waals surface area contributed by atoms with Gasteiger partial charge in [0.1, 0.15) is 10.1 Å². The van der Waals surface area contributed by atoms with E-state index >= 15 is 0 Å². The van der Waals surface area contributed by atoms with Gasteiger partial charge in [-0.25, -0.2) is 0 Å². The molecule has 1 N–H and O–H groups in total. The first-order valence-corrected chi connectivity index (χ1v) is 8.53. The Balaban J connectivity index is 2.07. The molecule has 0 saturated carbocycles. The minimum absolute atomic E-state index is 0.0396. The number of thiophene rings is 1. The standard InChI is InChI=1S/C16H18Cl2N2O2S/c1-20(2)13(10-4-6-11(22-3)7-5-10)9-19-16(21)12-8-14(17)23-15(12)18/h4-8,13H,9H2,1-3H3,(H,19,21)/t13-/m0/s1. The predicted octanol–water partition coefficient (Wildman–Crippen LogP) is 4.10. The Morgan fingerprint density at radius 2 is 1.96 bits per heavy atom. The van der Waals surface area contributed by atoms with E-state index in [4.69, 9.17) is 27.9 Å². The molecule has 124 valence electrons. The zero-order valence-corrected chi connectivity index (χ0v) is 15.4. The van der Waals surface area contributed by atoms with Gasteiger partial charge in [-0.05, 0) is 37.9 Å². The highest BCUT2D eigenvalue weighted by Crippen LogP contribution is 2.31. The predicted molar refractivity (Wildman–Crippen MR) is 96.1 cm³/mol. The van der Waals surface area contributed by atoms with Crippen molar-refractivity contribution < 1.29 is 9.53 Å². The monoisotopic (exact) mass is 372 g/mol. The van der Waals surface area contributed by atoms with Gasteiger partial charge in [0.2, 0.25) is 0 Å². The fraction of sp³-hybridized carbons (Fsp3) is 0.312. The highest BCUT2D eigenvalue weighted by molar-refractivity contribution is 7.20. The zero-order chi connectivity index (χ0) is 17.0. The number of benzene rings is 1. The summed E-state index contributed by atoms with van der Waals surface area (Å²) in [5.41, 5.74) is 1.50. The zero-order valence-electron chi connectivity index (χ0n) is 13.1. The first-order chi connectivity index (χ1) is 10.9. The van der Waals surface area contributed by atoms with Gasteiger partial charge in [0.15, 0.2) is 0 Å². The molecule has 23 heavy (non-hydrogen) atoms. The topological polar surface area (TPSA) is 41.6 Å². The first kappa shape index (κ1) is 18.1. The molecule has 0 spiro atoms. The number of ether oxygens (including phenoxy) is 1. The molecule has 0 bridgehead atoms. The van der Waals surface area contributed by atoms with E-state index < -0.39 is 0 Å². The molecule has 1 amide bonds. The minimum atomic E-state index is -0.224. The van der Waals surface area contributed by atoms with Crippen molar-refractivity contribution in [2.75, 3.05) is 27.7 Å². The molecular weight excluding hydrogens is 355 g/mol. The van der Waals surface area contributed by atoms with Gasteiger partial charge in [-0.3, -0.25) is 4.79 Å². The van der Waals surface area contributed by atoms with E-state index in [-0.39, 0.29) is 11.9 Å². The van der Waals surface area contributed by atoms with Crippen molar-refractivity contribution in [3.8, 4) is 5.75 Å². The number of carbonyl (C=O) groups excluding carboxylic acids is 1. The fourth-order valence-electron chi connectivity index (χ4n) is 2.20. The van der Waals surface area contributed by atoms with Gasteiger partial charge in [0.25, 0.3) is 5.91 Å². The number of nitrogens with zero attached hydrogens (tertiary/aromatic N) is 1. The lowest BCUT2D eigenvalue weighted by Gasteiger charge is -2.25. The second-order valence-electron chi connectivity index (χ2n) is 5.20. The fourth-order valence-corrected chi connectivity index (χ4v) is 3.66. The lowest BCUT2D eigenvalue weighted by molar-refractivity contribution is 0.0942. The molecule has 0 saturated heterocycles. The summed E-state index contributed by atoms with van der Waals surface area (Å²) in [4.78, 5) is 14.3. The molecule has 1 atom stereocenters. The van der Waals surface area contributed by atoms with Crippen LogP contribution < -0.4 is 10.1 Å². The normalized spacial score (nSPS) is 12.3. The first-order valence-electron chi connectivity index (χ1n) is 6.95. The molecule has 0 fully saturated rings. The Bertz CT molecular complexity index is 671. The van der Waals surface area contributed by atoms with Gasteiger partial charge in [-0.15, -0.1) is 11.3 Å². The summed E-state index contributed by atoms with van der Waals surface area (Å²) in [5.74, 6) is 0.577. The van der Waals surface area contributed by atoms with Crippen LogP contribution in [-0.4, -0.2) is 38.6 Å². The molecule has 0 aliphatic rings. The van der Waals surface area contributed by atoms with E-state index in [0.29, 0.717) is 20.8 Å². The van der Waals surface area contributed by atoms with Crippen LogP contribution in [0.15, 0.2) is 30.3 Å². The van der Waals surface area contributed by atoms with Crippen LogP contribution in [0.2, 0.25) is 8.67 Å². The average molecular weight is 373 g/mol. The van der Waals surface area contributed by atoms with Crippen molar-refractivity contribution in [3.63, 3.8) is 0 Å². The molecule has 2 rings (SSSR count). The largest absolute Gasteiger partial charge is 0.497 e. The van der Waals surface area contributed by atoms with Gasteiger partial charge >= 0.3 is 0 Å². The Labute approximate surface area is 150 Å². The van der Waals surface area contributed by atoms with Crippen molar-refractivity contribution in [1.29, 1.82) is 0 Å². The van der Waals surface area contributed by atoms with Crippen molar-refractivity contribution in [2.24, 2.45) is 0 Å². The Kier molecular flexibility index (Phi) is 6.30. The quantitative estimate of drug-likeness (QED) is 0.829. The molecule has 0 aliphatic carbocycles. The molecular formula is C16H18Cl2N2O2S. The van der Waals surface area contributed by atoms with Gasteiger partial charge in [-0.2, -0.15) is 0 Å². The molecule has 2 aromatic rings. The number of likely N-dealkylation sites (N-methyl/N-ethyl adjacent to an activating group) is 1. The molecule has 0 radical (unpaired) electrons. The maximum Gasteiger partial charge on any atom is 0.253 e. The summed E-state index contributed by atoms with van der Waals surface area (Å²) >= 11 is 13.1. The van der Waals surface area contributed by atoms with Gasteiger partial charge in [0.05, 0.1) is 23.1 Å². The van der Waals surface area contributed by atoms with Crippen molar-refractivity contribution in [3.05, 3.63) is 50.1 Å². The van der Waals surface area contributed by atoms with Gasteiger partial charge < -0.3 is 15.0 Å². The Morgan fingerprint density at radius 1 is 1.30 bits per heavy atom. The smallest absolute Gasteiger partial charge is 0.253 e. The van der Waals surface area contributed by atoms with Crippen LogP contribution in [-0.2, 0) is 0 Å². The SMILES string of the molecule is COc1ccc([C@H](CNC(=O)c2cc(Cl)sc2Cl)N(C)C)cc1. The van der Waals surface area contributed by atoms with E-state index in [2.05, 4.69) is 5.32 Å². The third kappa shape index (κ3) is 4.61. The lowest BCUT2D eigenvalue weighted by Crippen LogP contribution is -2.34. The number of hydrogen-bond acceptors (Lipinski definition) is 4. The molecule has 0 unspecified atom stereocenters. The number of amides is 1. The number of methoxy groups -OCH3 is 1. The lowest BCUT2D eigenvalue weighted by atomic mass is 10.1. The van der Waals surface area contributed by atoms with Crippen molar-refractivity contribution >= 4 is 40.4 Å². The third-order valence-corrected chi connectivity index (χ3v) is 4.97. The third-order valence-electron chi connectivity index (χ3n) is 3.48. The molecule has 0 aliphatic heterocycles. The Morgan fingerprint density at radius 3 is 2.43 bits per heavy atom. The summed E-state index contributed by atoms with van der Waals surface area (Å²) in [7, 11) is 5.57. The van der Waals surface area contributed by atoms with Gasteiger partial charge in [0, 0.05) is 6.54 Å². The number of carbonyl (C=O) groups is 1. The summed E-state index contributed by atoms with van der Waals surface area (Å²) in [5, 5.41) is 2.91. The van der Waals surface area contributed by atoms with Crippen LogP contribution in [0.3, 0.4) is 0 Å². The molecule has 1 aromatic heterocycles. The molecule has 1 aromatic carbocycles. The van der Waals surface area contributed by atoms with E-state index in [9.17, 15) is 4.79 Å². The molecule has 1 heterocycles. The highest BCUT2D eigenvalue weighted by atomic mass is 35.5. The van der Waals surface area contributed by atoms with Crippen LogP contribution in [0.5, 0.6) is 5.75 Å². The minimum Gasteiger partial charge on any atom is -0.497 e. The summed E-state index contributed by atoms with van der Waals surface area (Å²) in [6.07, 6.45) is 0. The summed E-state index contributed by atoms with van der Waals surface area (Å²) in [6, 6.07) is 9.42. The van der Waals surface area contributed by atoms with Crippen LogP contribution in [0.4, 0.5) is 0 Å². The average Bonchev–Trinajstić information content (AvgIpc) is 2.86. The highest BCUT2D eigenvalue weighted by Gasteiger charge is 2.18. The number of hydrogen-bond donors (Lipinski definition) is 1. The molecule has 7 heteroatoms. The Hall–Kier alpha value is -1.27. The van der Waals surface area contributed by atoms with Gasteiger partial charge in [-0.1, -0.05) is 35.3 Å².